The minimum absolute atomic E-state index is 0.0435. The number of imidazole rings is 1. The maximum atomic E-state index is 12.7. The van der Waals surface area contributed by atoms with Crippen molar-refractivity contribution in [2.75, 3.05) is 12.0 Å². The summed E-state index contributed by atoms with van der Waals surface area (Å²) in [5.74, 6) is 0.697. The number of aromatic hydroxyl groups is 1. The van der Waals surface area contributed by atoms with Crippen LogP contribution in [-0.4, -0.2) is 36.6 Å². The standard InChI is InChI=1S/C20H24N6O4/c1-6-30-15-9-13(7-8-14(15)27)10-21-23-19-22-17-16(26(19)11-12(2)3)18(28)25(5)20(29)24(17)4/h7-10,27H,2,6,11H2,1,3-5H3,(H,22,23). The summed E-state index contributed by atoms with van der Waals surface area (Å²) in [6, 6.07) is 4.85. The van der Waals surface area contributed by atoms with Crippen molar-refractivity contribution in [2.45, 2.75) is 20.4 Å². The highest BCUT2D eigenvalue weighted by molar-refractivity contribution is 5.81. The fraction of sp³-hybridized carbons (Fsp3) is 0.300. The Labute approximate surface area is 172 Å². The van der Waals surface area contributed by atoms with E-state index in [0.29, 0.717) is 30.4 Å². The summed E-state index contributed by atoms with van der Waals surface area (Å²) >= 11 is 0. The predicted molar refractivity (Wildman–Crippen MR) is 116 cm³/mol. The van der Waals surface area contributed by atoms with Crippen LogP contribution in [0.3, 0.4) is 0 Å². The molecule has 158 valence electrons. The number of hydrazone groups is 1. The van der Waals surface area contributed by atoms with Crippen molar-refractivity contribution in [2.24, 2.45) is 19.2 Å². The van der Waals surface area contributed by atoms with Crippen molar-refractivity contribution in [1.82, 2.24) is 18.7 Å². The molecule has 2 aromatic heterocycles. The molecule has 30 heavy (non-hydrogen) atoms. The van der Waals surface area contributed by atoms with E-state index in [1.54, 1.807) is 23.7 Å². The fourth-order valence-electron chi connectivity index (χ4n) is 3.00. The number of nitrogens with one attached hydrogen (secondary N) is 1. The van der Waals surface area contributed by atoms with Crippen LogP contribution in [0.5, 0.6) is 11.5 Å². The lowest BCUT2D eigenvalue weighted by atomic mass is 10.2. The predicted octanol–water partition coefficient (Wildman–Crippen LogP) is 1.56. The van der Waals surface area contributed by atoms with Gasteiger partial charge in [0.1, 0.15) is 0 Å². The van der Waals surface area contributed by atoms with Crippen molar-refractivity contribution < 1.29 is 9.84 Å². The Morgan fingerprint density at radius 1 is 1.33 bits per heavy atom. The van der Waals surface area contributed by atoms with Gasteiger partial charge in [0.2, 0.25) is 5.95 Å². The van der Waals surface area contributed by atoms with Gasteiger partial charge in [-0.05, 0) is 37.6 Å². The van der Waals surface area contributed by atoms with E-state index < -0.39 is 11.2 Å². The number of aryl methyl sites for hydroxylation is 1. The first-order valence-electron chi connectivity index (χ1n) is 9.30. The minimum Gasteiger partial charge on any atom is -0.504 e. The molecule has 0 aliphatic carbocycles. The van der Waals surface area contributed by atoms with Gasteiger partial charge in [0, 0.05) is 20.6 Å². The number of aromatic nitrogens is 4. The highest BCUT2D eigenvalue weighted by Crippen LogP contribution is 2.26. The van der Waals surface area contributed by atoms with E-state index in [-0.39, 0.29) is 16.9 Å². The number of benzene rings is 1. The Balaban J connectivity index is 2.03. The van der Waals surface area contributed by atoms with Gasteiger partial charge >= 0.3 is 5.69 Å². The first-order valence-corrected chi connectivity index (χ1v) is 9.30. The van der Waals surface area contributed by atoms with Crippen LogP contribution in [0, 0.1) is 0 Å². The van der Waals surface area contributed by atoms with E-state index in [1.807, 2.05) is 13.8 Å². The minimum atomic E-state index is -0.463. The molecule has 0 fully saturated rings. The van der Waals surface area contributed by atoms with E-state index in [1.165, 1.54) is 23.9 Å². The van der Waals surface area contributed by atoms with Crippen LogP contribution in [-0.2, 0) is 20.6 Å². The number of phenolic OH excluding ortho intramolecular Hbond substituents is 1. The summed E-state index contributed by atoms with van der Waals surface area (Å²) in [5.41, 5.74) is 3.95. The first-order chi connectivity index (χ1) is 14.2. The van der Waals surface area contributed by atoms with Gasteiger partial charge < -0.3 is 9.84 Å². The van der Waals surface area contributed by atoms with Crippen LogP contribution < -0.4 is 21.4 Å². The molecule has 2 N–H and O–H groups in total. The lowest BCUT2D eigenvalue weighted by Crippen LogP contribution is -2.37. The van der Waals surface area contributed by atoms with Crippen molar-refractivity contribution >= 4 is 23.3 Å². The van der Waals surface area contributed by atoms with Gasteiger partial charge in [-0.25, -0.2) is 10.2 Å². The molecule has 0 saturated carbocycles. The molecule has 0 saturated heterocycles. The Morgan fingerprint density at radius 3 is 2.73 bits per heavy atom. The number of hydrogen-bond acceptors (Lipinski definition) is 7. The molecule has 1 aromatic carbocycles. The summed E-state index contributed by atoms with van der Waals surface area (Å²) in [7, 11) is 2.98. The molecule has 0 atom stereocenters. The zero-order valence-corrected chi connectivity index (χ0v) is 17.3. The number of hydrogen-bond donors (Lipinski definition) is 2. The summed E-state index contributed by atoms with van der Waals surface area (Å²) in [5, 5.41) is 14.0. The summed E-state index contributed by atoms with van der Waals surface area (Å²) in [4.78, 5) is 29.3. The van der Waals surface area contributed by atoms with Crippen molar-refractivity contribution in [1.29, 1.82) is 0 Å². The van der Waals surface area contributed by atoms with E-state index >= 15 is 0 Å². The van der Waals surface area contributed by atoms with E-state index in [4.69, 9.17) is 4.74 Å². The summed E-state index contributed by atoms with van der Waals surface area (Å²) in [6.45, 7) is 8.31. The second-order valence-corrected chi connectivity index (χ2v) is 6.89. The molecule has 3 rings (SSSR count). The third kappa shape index (κ3) is 3.84. The number of anilines is 1. The Morgan fingerprint density at radius 2 is 2.07 bits per heavy atom. The molecule has 0 radical (unpaired) electrons. The topological polar surface area (TPSA) is 116 Å². The maximum absolute atomic E-state index is 12.7. The largest absolute Gasteiger partial charge is 0.504 e. The zero-order chi connectivity index (χ0) is 22.0. The molecule has 0 amide bonds. The lowest BCUT2D eigenvalue weighted by molar-refractivity contribution is 0.318. The smallest absolute Gasteiger partial charge is 0.332 e. The maximum Gasteiger partial charge on any atom is 0.332 e. The third-order valence-electron chi connectivity index (χ3n) is 4.44. The van der Waals surface area contributed by atoms with Crippen LogP contribution in [0.4, 0.5) is 5.95 Å². The van der Waals surface area contributed by atoms with Gasteiger partial charge in [-0.15, -0.1) is 0 Å². The Kier molecular flexibility index (Phi) is 5.77. The van der Waals surface area contributed by atoms with Gasteiger partial charge in [-0.1, -0.05) is 12.2 Å². The number of allylic oxidation sites excluding steroid dienone is 1. The third-order valence-corrected chi connectivity index (χ3v) is 4.44. The normalized spacial score (nSPS) is 11.3. The second kappa shape index (κ2) is 8.27. The van der Waals surface area contributed by atoms with Crippen molar-refractivity contribution in [3.05, 3.63) is 56.8 Å². The van der Waals surface area contributed by atoms with Crippen molar-refractivity contribution in [3.63, 3.8) is 0 Å². The molecule has 10 heteroatoms. The van der Waals surface area contributed by atoms with Gasteiger partial charge in [-0.2, -0.15) is 10.1 Å². The molecular formula is C20H24N6O4. The monoisotopic (exact) mass is 412 g/mol. The lowest BCUT2D eigenvalue weighted by Gasteiger charge is -2.09. The molecule has 10 nitrogen and oxygen atoms in total. The summed E-state index contributed by atoms with van der Waals surface area (Å²) in [6.07, 6.45) is 1.53. The number of nitrogens with zero attached hydrogens (tertiary/aromatic N) is 5. The second-order valence-electron chi connectivity index (χ2n) is 6.89. The number of ether oxygens (including phenoxy) is 1. The fourth-order valence-corrected chi connectivity index (χ4v) is 3.00. The van der Waals surface area contributed by atoms with Gasteiger partial charge in [0.05, 0.1) is 12.8 Å². The molecule has 0 unspecified atom stereocenters. The number of phenols is 1. The quantitative estimate of drug-likeness (QED) is 0.346. The highest BCUT2D eigenvalue weighted by Gasteiger charge is 2.18. The van der Waals surface area contributed by atoms with E-state index in [2.05, 4.69) is 22.1 Å². The Bertz CT molecular complexity index is 1270. The molecule has 0 spiro atoms. The van der Waals surface area contributed by atoms with Crippen LogP contribution in [0.1, 0.15) is 19.4 Å². The van der Waals surface area contributed by atoms with Crippen molar-refractivity contribution in [3.8, 4) is 11.5 Å². The van der Waals surface area contributed by atoms with Gasteiger partial charge in [0.25, 0.3) is 5.56 Å². The SMILES string of the molecule is C=C(C)Cn1c(NN=Cc2ccc(O)c(OCC)c2)nc2c1c(=O)n(C)c(=O)n2C. The highest BCUT2D eigenvalue weighted by atomic mass is 16.5. The van der Waals surface area contributed by atoms with E-state index in [0.717, 1.165) is 10.1 Å². The zero-order valence-electron chi connectivity index (χ0n) is 17.3. The molecule has 0 bridgehead atoms. The average molecular weight is 412 g/mol. The average Bonchev–Trinajstić information content (AvgIpc) is 3.05. The molecule has 2 heterocycles. The van der Waals surface area contributed by atoms with Gasteiger partial charge in [0.15, 0.2) is 22.7 Å². The number of fused-ring (bicyclic) bond motifs is 1. The first kappa shape index (κ1) is 20.9. The van der Waals surface area contributed by atoms with Crippen LogP contribution in [0.25, 0.3) is 11.2 Å². The molecular weight excluding hydrogens is 388 g/mol. The summed E-state index contributed by atoms with van der Waals surface area (Å²) < 4.78 is 9.36. The van der Waals surface area contributed by atoms with E-state index in [9.17, 15) is 14.7 Å². The number of rotatable bonds is 7. The molecule has 0 aliphatic rings. The van der Waals surface area contributed by atoms with Crippen LogP contribution >= 0.6 is 0 Å². The van der Waals surface area contributed by atoms with Gasteiger partial charge in [-0.3, -0.25) is 18.5 Å². The van der Waals surface area contributed by atoms with Crippen LogP contribution in [0.15, 0.2) is 45.0 Å². The Hall–Kier alpha value is -3.82. The molecule has 3 aromatic rings. The van der Waals surface area contributed by atoms with Crippen LogP contribution in [0.2, 0.25) is 0 Å². The molecule has 0 aliphatic heterocycles.